The van der Waals surface area contributed by atoms with E-state index >= 15 is 0 Å². The highest BCUT2D eigenvalue weighted by molar-refractivity contribution is 8.01. The standard InChI is InChI=1S/C23H24N6O3S2/c1-4-14-20(13-9-10-17(31-2)18(11-13)32-3)21(26-16-8-6-5-7-15(16)25-14)27-19(30)12-33-23-29-28-22(24)34-23/h5-11,20H,4,12H2,1-3H3,(H2,24,28)(H,26,27,30)/t20-/m1/s1. The van der Waals surface area contributed by atoms with Crippen molar-refractivity contribution >= 4 is 57.1 Å². The summed E-state index contributed by atoms with van der Waals surface area (Å²) < 4.78 is 11.5. The maximum atomic E-state index is 12.9. The lowest BCUT2D eigenvalue weighted by molar-refractivity contribution is -0.117. The number of para-hydroxylation sites is 2. The molecule has 1 aliphatic heterocycles. The number of hydrogen-bond donors (Lipinski definition) is 2. The van der Waals surface area contributed by atoms with Gasteiger partial charge in [0.2, 0.25) is 11.0 Å². The lowest BCUT2D eigenvalue weighted by atomic mass is 9.90. The van der Waals surface area contributed by atoms with Crippen LogP contribution >= 0.6 is 23.1 Å². The van der Waals surface area contributed by atoms with E-state index in [1.165, 1.54) is 23.1 Å². The molecule has 0 aliphatic carbocycles. The molecule has 3 N–H and O–H groups in total. The number of hydrogen-bond acceptors (Lipinski definition) is 10. The van der Waals surface area contributed by atoms with Crippen molar-refractivity contribution in [1.29, 1.82) is 0 Å². The number of fused-ring (bicyclic) bond motifs is 1. The molecule has 0 unspecified atom stereocenters. The fraction of sp³-hybridized carbons (Fsp3) is 0.261. The van der Waals surface area contributed by atoms with Gasteiger partial charge in [0.25, 0.3) is 0 Å². The van der Waals surface area contributed by atoms with E-state index in [1.807, 2.05) is 49.4 Å². The van der Waals surface area contributed by atoms with Gasteiger partial charge in [0.1, 0.15) is 5.84 Å². The van der Waals surface area contributed by atoms with Gasteiger partial charge in [0.05, 0.1) is 37.3 Å². The lowest BCUT2D eigenvalue weighted by Crippen LogP contribution is -2.38. The molecular formula is C23H24N6O3S2. The monoisotopic (exact) mass is 496 g/mol. The van der Waals surface area contributed by atoms with Crippen LogP contribution in [0.2, 0.25) is 0 Å². The van der Waals surface area contributed by atoms with E-state index < -0.39 is 0 Å². The zero-order chi connectivity index (χ0) is 24.1. The van der Waals surface area contributed by atoms with Crippen molar-refractivity contribution in [2.75, 3.05) is 25.7 Å². The molecular weight excluding hydrogens is 472 g/mol. The quantitative estimate of drug-likeness (QED) is 0.466. The molecule has 0 saturated carbocycles. The Balaban J connectivity index is 1.71. The second-order valence-electron chi connectivity index (χ2n) is 7.23. The molecule has 0 saturated heterocycles. The number of benzene rings is 2. The molecule has 0 spiro atoms. The Bertz CT molecular complexity index is 1260. The molecule has 0 bridgehead atoms. The summed E-state index contributed by atoms with van der Waals surface area (Å²) in [6.07, 6.45) is 0.668. The summed E-state index contributed by atoms with van der Waals surface area (Å²) in [5.41, 5.74) is 8.84. The summed E-state index contributed by atoms with van der Waals surface area (Å²) in [5, 5.41) is 11.1. The van der Waals surface area contributed by atoms with Gasteiger partial charge in [-0.05, 0) is 36.2 Å². The average Bonchev–Trinajstić information content (AvgIpc) is 3.20. The minimum Gasteiger partial charge on any atom is -0.493 e. The predicted octanol–water partition coefficient (Wildman–Crippen LogP) is 4.36. The van der Waals surface area contributed by atoms with E-state index in [4.69, 9.17) is 25.2 Å². The summed E-state index contributed by atoms with van der Waals surface area (Å²) in [4.78, 5) is 22.7. The highest BCUT2D eigenvalue weighted by Gasteiger charge is 2.29. The number of methoxy groups -OCH3 is 2. The zero-order valence-electron chi connectivity index (χ0n) is 18.9. The van der Waals surface area contributed by atoms with Crippen LogP contribution in [0.5, 0.6) is 11.5 Å². The number of nitrogens with two attached hydrogens (primary N) is 1. The Labute approximate surface area is 205 Å². The van der Waals surface area contributed by atoms with E-state index in [0.29, 0.717) is 38.9 Å². The third-order valence-corrected chi connectivity index (χ3v) is 7.00. The smallest absolute Gasteiger partial charge is 0.235 e. The maximum Gasteiger partial charge on any atom is 0.235 e. The van der Waals surface area contributed by atoms with Gasteiger partial charge in [-0.2, -0.15) is 0 Å². The largest absolute Gasteiger partial charge is 0.493 e. The van der Waals surface area contributed by atoms with Crippen LogP contribution in [0, 0.1) is 0 Å². The number of amides is 1. The molecule has 1 amide bonds. The molecule has 1 aliphatic rings. The summed E-state index contributed by atoms with van der Waals surface area (Å²) in [6.45, 7) is 2.04. The Hall–Kier alpha value is -3.44. The Morgan fingerprint density at radius 3 is 2.47 bits per heavy atom. The first kappa shape index (κ1) is 23.7. The summed E-state index contributed by atoms with van der Waals surface area (Å²) in [7, 11) is 3.18. The molecule has 3 aromatic rings. The van der Waals surface area contributed by atoms with Crippen LogP contribution in [0.1, 0.15) is 24.8 Å². The van der Waals surface area contributed by atoms with Gasteiger partial charge in [-0.15, -0.1) is 10.2 Å². The minimum absolute atomic E-state index is 0.145. The number of aromatic nitrogens is 2. The van der Waals surface area contributed by atoms with Crippen molar-refractivity contribution in [3.8, 4) is 11.5 Å². The summed E-state index contributed by atoms with van der Waals surface area (Å²) in [5.74, 6) is 1.27. The van der Waals surface area contributed by atoms with Gasteiger partial charge in [0.15, 0.2) is 15.8 Å². The molecule has 1 aromatic heterocycles. The first-order valence-corrected chi connectivity index (χ1v) is 12.3. The minimum atomic E-state index is -0.372. The number of carbonyl (C=O) groups is 1. The molecule has 2 heterocycles. The van der Waals surface area contributed by atoms with E-state index in [-0.39, 0.29) is 17.6 Å². The molecule has 34 heavy (non-hydrogen) atoms. The van der Waals surface area contributed by atoms with Crippen molar-refractivity contribution < 1.29 is 14.3 Å². The number of nitrogens with one attached hydrogen (secondary N) is 1. The molecule has 2 aromatic carbocycles. The van der Waals surface area contributed by atoms with Gasteiger partial charge in [-0.3, -0.25) is 9.79 Å². The van der Waals surface area contributed by atoms with Gasteiger partial charge in [-0.1, -0.05) is 48.2 Å². The maximum absolute atomic E-state index is 12.9. The van der Waals surface area contributed by atoms with Gasteiger partial charge in [-0.25, -0.2) is 4.99 Å². The topological polar surface area (TPSA) is 124 Å². The third kappa shape index (κ3) is 5.20. The Morgan fingerprint density at radius 2 is 1.82 bits per heavy atom. The van der Waals surface area contributed by atoms with E-state index in [2.05, 4.69) is 15.5 Å². The van der Waals surface area contributed by atoms with E-state index in [1.54, 1.807) is 14.2 Å². The number of thioether (sulfide) groups is 1. The van der Waals surface area contributed by atoms with Gasteiger partial charge in [0, 0.05) is 5.71 Å². The van der Waals surface area contributed by atoms with Crippen LogP contribution in [-0.2, 0) is 4.79 Å². The first-order valence-electron chi connectivity index (χ1n) is 10.5. The van der Waals surface area contributed by atoms with Gasteiger partial charge >= 0.3 is 0 Å². The molecule has 0 fully saturated rings. The number of amidine groups is 1. The molecule has 0 radical (unpaired) electrons. The predicted molar refractivity (Wildman–Crippen MR) is 136 cm³/mol. The summed E-state index contributed by atoms with van der Waals surface area (Å²) >= 11 is 2.52. The second kappa shape index (κ2) is 10.7. The van der Waals surface area contributed by atoms with Crippen molar-refractivity contribution in [3.05, 3.63) is 48.0 Å². The molecule has 1 atom stereocenters. The lowest BCUT2D eigenvalue weighted by Gasteiger charge is -2.22. The van der Waals surface area contributed by atoms with Crippen molar-refractivity contribution in [1.82, 2.24) is 15.5 Å². The Kier molecular flexibility index (Phi) is 7.43. The highest BCUT2D eigenvalue weighted by atomic mass is 32.2. The second-order valence-corrected chi connectivity index (χ2v) is 9.46. The van der Waals surface area contributed by atoms with Crippen LogP contribution in [0.3, 0.4) is 0 Å². The van der Waals surface area contributed by atoms with Crippen molar-refractivity contribution in [3.63, 3.8) is 0 Å². The van der Waals surface area contributed by atoms with E-state index in [9.17, 15) is 4.79 Å². The molecule has 176 valence electrons. The number of rotatable bonds is 7. The fourth-order valence-corrected chi connectivity index (χ4v) is 5.01. The number of nitrogens with zero attached hydrogens (tertiary/aromatic N) is 4. The molecule has 11 heteroatoms. The Morgan fingerprint density at radius 1 is 1.09 bits per heavy atom. The van der Waals surface area contributed by atoms with Crippen LogP contribution in [0.25, 0.3) is 0 Å². The normalized spacial score (nSPS) is 15.0. The molecule has 4 rings (SSSR count). The van der Waals surface area contributed by atoms with Crippen LogP contribution < -0.4 is 20.5 Å². The van der Waals surface area contributed by atoms with E-state index in [0.717, 1.165) is 17.0 Å². The SMILES string of the molecule is CCC1=Nc2ccccc2N=C(NC(=O)CSc2nnc(N)s2)[C@@H]1c1ccc(OC)c(OC)c1. The first-order chi connectivity index (χ1) is 16.5. The fourth-order valence-electron chi connectivity index (χ4n) is 3.58. The van der Waals surface area contributed by atoms with Crippen molar-refractivity contribution in [2.24, 2.45) is 9.98 Å². The number of anilines is 1. The highest BCUT2D eigenvalue weighted by Crippen LogP contribution is 2.37. The van der Waals surface area contributed by atoms with Crippen LogP contribution in [0.4, 0.5) is 16.5 Å². The van der Waals surface area contributed by atoms with Gasteiger partial charge < -0.3 is 20.5 Å². The van der Waals surface area contributed by atoms with Crippen LogP contribution in [-0.4, -0.2) is 47.6 Å². The number of carbonyl (C=O) groups excluding carboxylic acids is 1. The molecule has 9 nitrogen and oxygen atoms in total. The zero-order valence-corrected chi connectivity index (χ0v) is 20.6. The van der Waals surface area contributed by atoms with Crippen molar-refractivity contribution in [2.45, 2.75) is 23.6 Å². The average molecular weight is 497 g/mol. The number of nitrogen functional groups attached to an aromatic ring is 1. The summed E-state index contributed by atoms with van der Waals surface area (Å²) in [6, 6.07) is 13.3. The third-order valence-electron chi connectivity index (χ3n) is 5.11. The number of ether oxygens (including phenoxy) is 2. The van der Waals surface area contributed by atoms with Crippen LogP contribution in [0.15, 0.2) is 56.8 Å². The number of aliphatic imine (C=N–C) groups is 2.